The molecule has 0 heterocycles. The van der Waals surface area contributed by atoms with Gasteiger partial charge >= 0.3 is 5.97 Å². The zero-order valence-electron chi connectivity index (χ0n) is 10.3. The van der Waals surface area contributed by atoms with E-state index in [0.717, 1.165) is 12.1 Å². The molecular weight excluding hydrogens is 248 g/mol. The minimum atomic E-state index is -0.984. The van der Waals surface area contributed by atoms with Gasteiger partial charge in [0.05, 0.1) is 5.56 Å². The zero-order valence-corrected chi connectivity index (χ0v) is 11.2. The van der Waals surface area contributed by atoms with Crippen LogP contribution in [0.15, 0.2) is 18.2 Å². The topological polar surface area (TPSA) is 75.3 Å². The molecular formula is C13H18N2O2S. The van der Waals surface area contributed by atoms with Crippen LogP contribution in [0.4, 0.5) is 11.4 Å². The predicted octanol–water partition coefficient (Wildman–Crippen LogP) is 2.66. The van der Waals surface area contributed by atoms with Crippen molar-refractivity contribution < 1.29 is 9.90 Å². The number of nitrogen functional groups attached to an aromatic ring is 1. The normalized spacial score (nSPS) is 22.9. The van der Waals surface area contributed by atoms with Gasteiger partial charge in [0.25, 0.3) is 0 Å². The third-order valence-electron chi connectivity index (χ3n) is 3.39. The summed E-state index contributed by atoms with van der Waals surface area (Å²) in [6.45, 7) is 0. The van der Waals surface area contributed by atoms with Crippen molar-refractivity contribution in [2.45, 2.75) is 30.6 Å². The van der Waals surface area contributed by atoms with Crippen LogP contribution in [0.5, 0.6) is 0 Å². The zero-order chi connectivity index (χ0) is 13.1. The molecule has 0 amide bonds. The molecule has 1 aromatic carbocycles. The fraction of sp³-hybridized carbons (Fsp3) is 0.462. The van der Waals surface area contributed by atoms with Crippen LogP contribution in [-0.2, 0) is 0 Å². The van der Waals surface area contributed by atoms with Crippen LogP contribution in [-0.4, -0.2) is 28.6 Å². The van der Waals surface area contributed by atoms with E-state index in [2.05, 4.69) is 11.6 Å². The summed E-state index contributed by atoms with van der Waals surface area (Å²) in [4.78, 5) is 10.9. The van der Waals surface area contributed by atoms with Gasteiger partial charge in [-0.25, -0.2) is 4.79 Å². The second kappa shape index (κ2) is 5.52. The maximum atomic E-state index is 10.9. The summed E-state index contributed by atoms with van der Waals surface area (Å²) in [6, 6.07) is 5.51. The molecule has 1 aliphatic carbocycles. The SMILES string of the molecule is CSC1CCCC1Nc1ccc(C(=O)O)c(N)c1. The first-order valence-electron chi connectivity index (χ1n) is 6.04. The van der Waals surface area contributed by atoms with Gasteiger partial charge in [-0.2, -0.15) is 11.8 Å². The van der Waals surface area contributed by atoms with Crippen LogP contribution >= 0.6 is 11.8 Å². The Balaban J connectivity index is 2.10. The van der Waals surface area contributed by atoms with Crippen LogP contribution in [0.25, 0.3) is 0 Å². The van der Waals surface area contributed by atoms with Crippen LogP contribution in [0.3, 0.4) is 0 Å². The number of anilines is 2. The molecule has 0 saturated heterocycles. The summed E-state index contributed by atoms with van der Waals surface area (Å²) >= 11 is 1.88. The third kappa shape index (κ3) is 2.72. The predicted molar refractivity (Wildman–Crippen MR) is 76.4 cm³/mol. The first-order valence-corrected chi connectivity index (χ1v) is 7.32. The van der Waals surface area contributed by atoms with Gasteiger partial charge in [-0.3, -0.25) is 0 Å². The highest BCUT2D eigenvalue weighted by Gasteiger charge is 2.26. The number of nitrogens with one attached hydrogen (secondary N) is 1. The maximum Gasteiger partial charge on any atom is 0.337 e. The number of carboxylic acid groups (broad SMARTS) is 1. The Hall–Kier alpha value is -1.36. The average Bonchev–Trinajstić information content (AvgIpc) is 2.76. The first kappa shape index (κ1) is 13.1. The molecule has 18 heavy (non-hydrogen) atoms. The van der Waals surface area contributed by atoms with E-state index in [1.165, 1.54) is 12.8 Å². The van der Waals surface area contributed by atoms with Crippen molar-refractivity contribution in [3.63, 3.8) is 0 Å². The summed E-state index contributed by atoms with van der Waals surface area (Å²) in [6.07, 6.45) is 5.77. The van der Waals surface area contributed by atoms with Crippen LogP contribution in [0.1, 0.15) is 29.6 Å². The van der Waals surface area contributed by atoms with E-state index in [4.69, 9.17) is 10.8 Å². The first-order chi connectivity index (χ1) is 8.61. The summed E-state index contributed by atoms with van der Waals surface area (Å²) in [7, 11) is 0. The Morgan fingerprint density at radius 1 is 1.50 bits per heavy atom. The number of carboxylic acids is 1. The Morgan fingerprint density at radius 3 is 2.89 bits per heavy atom. The summed E-state index contributed by atoms with van der Waals surface area (Å²) in [5, 5.41) is 13.0. The van der Waals surface area contributed by atoms with Crippen molar-refractivity contribution in [3.8, 4) is 0 Å². The van der Waals surface area contributed by atoms with Gasteiger partial charge in [0, 0.05) is 22.7 Å². The highest BCUT2D eigenvalue weighted by molar-refractivity contribution is 7.99. The molecule has 0 spiro atoms. The highest BCUT2D eigenvalue weighted by atomic mass is 32.2. The van der Waals surface area contributed by atoms with Gasteiger partial charge in [-0.1, -0.05) is 6.42 Å². The fourth-order valence-corrected chi connectivity index (χ4v) is 3.37. The monoisotopic (exact) mass is 266 g/mol. The highest BCUT2D eigenvalue weighted by Crippen LogP contribution is 2.31. The number of rotatable bonds is 4. The molecule has 2 rings (SSSR count). The molecule has 4 nitrogen and oxygen atoms in total. The minimum absolute atomic E-state index is 0.161. The summed E-state index contributed by atoms with van der Waals surface area (Å²) in [5.74, 6) is -0.984. The van der Waals surface area contributed by atoms with E-state index in [1.54, 1.807) is 18.2 Å². The number of hydrogen-bond donors (Lipinski definition) is 3. The Morgan fingerprint density at radius 2 is 2.28 bits per heavy atom. The van der Waals surface area contributed by atoms with Crippen molar-refractivity contribution in [2.24, 2.45) is 0 Å². The number of benzene rings is 1. The number of aromatic carboxylic acids is 1. The van der Waals surface area contributed by atoms with Crippen LogP contribution in [0.2, 0.25) is 0 Å². The minimum Gasteiger partial charge on any atom is -0.478 e. The van der Waals surface area contributed by atoms with Gasteiger partial charge in [-0.05, 0) is 37.3 Å². The molecule has 0 radical (unpaired) electrons. The fourth-order valence-electron chi connectivity index (χ4n) is 2.43. The van der Waals surface area contributed by atoms with Gasteiger partial charge in [0.1, 0.15) is 0 Å². The Bertz CT molecular complexity index is 451. The van der Waals surface area contributed by atoms with Crippen molar-refractivity contribution in [3.05, 3.63) is 23.8 Å². The Kier molecular flexibility index (Phi) is 4.01. The quantitative estimate of drug-likeness (QED) is 0.730. The molecule has 1 fully saturated rings. The van der Waals surface area contributed by atoms with Gasteiger partial charge in [0.15, 0.2) is 0 Å². The van der Waals surface area contributed by atoms with Crippen LogP contribution in [0, 0.1) is 0 Å². The number of thioether (sulfide) groups is 1. The number of hydrogen-bond acceptors (Lipinski definition) is 4. The van der Waals surface area contributed by atoms with E-state index in [1.807, 2.05) is 11.8 Å². The standard InChI is InChI=1S/C13H18N2O2S/c1-18-12-4-2-3-11(12)15-8-5-6-9(13(16)17)10(14)7-8/h5-7,11-12,15H,2-4,14H2,1H3,(H,16,17). The van der Waals surface area contributed by atoms with E-state index in [-0.39, 0.29) is 5.56 Å². The van der Waals surface area contributed by atoms with Crippen molar-refractivity contribution in [1.29, 1.82) is 0 Å². The smallest absolute Gasteiger partial charge is 0.337 e. The largest absolute Gasteiger partial charge is 0.478 e. The third-order valence-corrected chi connectivity index (χ3v) is 4.56. The van der Waals surface area contributed by atoms with Crippen molar-refractivity contribution >= 4 is 29.1 Å². The lowest BCUT2D eigenvalue weighted by Crippen LogP contribution is -2.25. The molecule has 98 valence electrons. The molecule has 2 atom stereocenters. The van der Waals surface area contributed by atoms with E-state index >= 15 is 0 Å². The molecule has 1 saturated carbocycles. The molecule has 4 N–H and O–H groups in total. The van der Waals surface area contributed by atoms with Gasteiger partial charge < -0.3 is 16.2 Å². The van der Waals surface area contributed by atoms with Gasteiger partial charge in [0.2, 0.25) is 0 Å². The lowest BCUT2D eigenvalue weighted by molar-refractivity contribution is 0.0698. The lowest BCUT2D eigenvalue weighted by Gasteiger charge is -2.20. The van der Waals surface area contributed by atoms with E-state index < -0.39 is 5.97 Å². The molecule has 0 aromatic heterocycles. The van der Waals surface area contributed by atoms with Crippen molar-refractivity contribution in [2.75, 3.05) is 17.3 Å². The molecule has 1 aliphatic rings. The molecule has 5 heteroatoms. The van der Waals surface area contributed by atoms with Crippen LogP contribution < -0.4 is 11.1 Å². The van der Waals surface area contributed by atoms with Gasteiger partial charge in [-0.15, -0.1) is 0 Å². The second-order valence-electron chi connectivity index (χ2n) is 4.56. The van der Waals surface area contributed by atoms with E-state index in [9.17, 15) is 4.79 Å². The molecule has 2 unspecified atom stereocenters. The van der Waals surface area contributed by atoms with Crippen molar-refractivity contribution in [1.82, 2.24) is 0 Å². The van der Waals surface area contributed by atoms with E-state index in [0.29, 0.717) is 17.0 Å². The Labute approximate surface area is 111 Å². The molecule has 0 aliphatic heterocycles. The summed E-state index contributed by atoms with van der Waals surface area (Å²) in [5.41, 5.74) is 7.12. The second-order valence-corrected chi connectivity index (χ2v) is 5.64. The number of carbonyl (C=O) groups is 1. The lowest BCUT2D eigenvalue weighted by atomic mass is 10.1. The summed E-state index contributed by atoms with van der Waals surface area (Å²) < 4.78 is 0. The number of nitrogens with two attached hydrogens (primary N) is 1. The molecule has 0 bridgehead atoms. The average molecular weight is 266 g/mol. The molecule has 1 aromatic rings. The maximum absolute atomic E-state index is 10.9.